The Bertz CT molecular complexity index is 790. The zero-order valence-corrected chi connectivity index (χ0v) is 13.8. The van der Waals surface area contributed by atoms with Crippen LogP contribution < -0.4 is 14.9 Å². The van der Waals surface area contributed by atoms with Gasteiger partial charge in [-0.05, 0) is 42.0 Å². The zero-order valence-electron chi connectivity index (χ0n) is 13.1. The molecule has 0 aliphatic heterocycles. The molecule has 1 amide bonds. The number of carbonyl (C=O) groups excluding carboxylic acids is 2. The highest BCUT2D eigenvalue weighted by Crippen LogP contribution is 2.27. The Balaban J connectivity index is 2.06. The molecule has 0 spiro atoms. The first-order chi connectivity index (χ1) is 11.5. The largest absolute Gasteiger partial charge is 0.493 e. The second-order valence-electron chi connectivity index (χ2n) is 4.71. The number of nitrogens with zero attached hydrogens (tertiary/aromatic N) is 1. The Hall–Kier alpha value is -2.86. The van der Waals surface area contributed by atoms with Gasteiger partial charge < -0.3 is 9.47 Å². The molecule has 0 radical (unpaired) electrons. The van der Waals surface area contributed by atoms with Gasteiger partial charge in [0.1, 0.15) is 0 Å². The van der Waals surface area contributed by atoms with Gasteiger partial charge >= 0.3 is 5.97 Å². The quantitative estimate of drug-likeness (QED) is 0.391. The molecule has 0 fully saturated rings. The third kappa shape index (κ3) is 4.82. The minimum Gasteiger partial charge on any atom is -0.493 e. The van der Waals surface area contributed by atoms with E-state index in [9.17, 15) is 9.59 Å². The Morgan fingerprint density at radius 1 is 1.17 bits per heavy atom. The molecule has 0 aliphatic carbocycles. The monoisotopic (exact) mass is 346 g/mol. The maximum absolute atomic E-state index is 11.9. The molecule has 7 heteroatoms. The van der Waals surface area contributed by atoms with Crippen LogP contribution in [0.4, 0.5) is 0 Å². The standard InChI is InChI=1S/C17H15ClN2O4/c1-11(21)24-15-7-6-12(8-16(15)23-2)10-19-20-17(22)13-4-3-5-14(18)9-13/h3-10H,1-2H3,(H,20,22)/b19-10-. The highest BCUT2D eigenvalue weighted by Gasteiger charge is 2.08. The molecule has 6 nitrogen and oxygen atoms in total. The molecule has 0 unspecified atom stereocenters. The summed E-state index contributed by atoms with van der Waals surface area (Å²) in [4.78, 5) is 22.9. The third-order valence-electron chi connectivity index (χ3n) is 2.91. The fraction of sp³-hybridized carbons (Fsp3) is 0.118. The molecule has 2 rings (SSSR count). The van der Waals surface area contributed by atoms with Gasteiger partial charge in [0.15, 0.2) is 11.5 Å². The van der Waals surface area contributed by atoms with E-state index in [0.29, 0.717) is 27.6 Å². The summed E-state index contributed by atoms with van der Waals surface area (Å²) >= 11 is 5.83. The molecule has 0 aliphatic rings. The van der Waals surface area contributed by atoms with Crippen molar-refractivity contribution >= 4 is 29.7 Å². The second-order valence-corrected chi connectivity index (χ2v) is 5.15. The predicted molar refractivity (Wildman–Crippen MR) is 90.8 cm³/mol. The summed E-state index contributed by atoms with van der Waals surface area (Å²) in [6, 6.07) is 11.4. The molecule has 24 heavy (non-hydrogen) atoms. The average molecular weight is 347 g/mol. The lowest BCUT2D eigenvalue weighted by molar-refractivity contribution is -0.132. The van der Waals surface area contributed by atoms with Crippen molar-refractivity contribution in [1.29, 1.82) is 0 Å². The molecule has 0 saturated carbocycles. The SMILES string of the molecule is COc1cc(/C=N\NC(=O)c2cccc(Cl)c2)ccc1OC(C)=O. The van der Waals surface area contributed by atoms with E-state index in [4.69, 9.17) is 21.1 Å². The van der Waals surface area contributed by atoms with Crippen LogP contribution in [0.5, 0.6) is 11.5 Å². The summed E-state index contributed by atoms with van der Waals surface area (Å²) < 4.78 is 10.2. The molecule has 0 saturated heterocycles. The summed E-state index contributed by atoms with van der Waals surface area (Å²) in [7, 11) is 1.46. The molecule has 0 aromatic heterocycles. The van der Waals surface area contributed by atoms with Crippen molar-refractivity contribution in [1.82, 2.24) is 5.43 Å². The lowest BCUT2D eigenvalue weighted by atomic mass is 10.2. The highest BCUT2D eigenvalue weighted by molar-refractivity contribution is 6.30. The van der Waals surface area contributed by atoms with Crippen LogP contribution in [0.3, 0.4) is 0 Å². The van der Waals surface area contributed by atoms with Crippen LogP contribution in [0.25, 0.3) is 0 Å². The minimum absolute atomic E-state index is 0.310. The van der Waals surface area contributed by atoms with Crippen LogP contribution in [0, 0.1) is 0 Å². The van der Waals surface area contributed by atoms with E-state index in [-0.39, 0.29) is 5.91 Å². The number of halogens is 1. The van der Waals surface area contributed by atoms with Crippen molar-refractivity contribution in [3.63, 3.8) is 0 Å². The van der Waals surface area contributed by atoms with Gasteiger partial charge in [-0.25, -0.2) is 5.43 Å². The number of hydrogen-bond donors (Lipinski definition) is 1. The normalized spacial score (nSPS) is 10.5. The Morgan fingerprint density at radius 2 is 1.96 bits per heavy atom. The van der Waals surface area contributed by atoms with Crippen LogP contribution in [-0.4, -0.2) is 25.2 Å². The second kappa shape index (κ2) is 8.12. The van der Waals surface area contributed by atoms with Crippen LogP contribution in [0.2, 0.25) is 5.02 Å². The van der Waals surface area contributed by atoms with Gasteiger partial charge in [0.05, 0.1) is 13.3 Å². The third-order valence-corrected chi connectivity index (χ3v) is 3.14. The number of methoxy groups -OCH3 is 1. The van der Waals surface area contributed by atoms with E-state index in [1.165, 1.54) is 20.2 Å². The molecule has 0 heterocycles. The summed E-state index contributed by atoms with van der Waals surface area (Å²) in [6.45, 7) is 1.31. The number of ether oxygens (including phenoxy) is 2. The fourth-order valence-corrected chi connectivity index (χ4v) is 2.05. The van der Waals surface area contributed by atoms with Gasteiger partial charge in [0.2, 0.25) is 0 Å². The lowest BCUT2D eigenvalue weighted by Gasteiger charge is -2.08. The van der Waals surface area contributed by atoms with Crippen LogP contribution in [0.1, 0.15) is 22.8 Å². The van der Waals surface area contributed by atoms with Crippen molar-refractivity contribution in [2.24, 2.45) is 5.10 Å². The molecule has 0 bridgehead atoms. The smallest absolute Gasteiger partial charge is 0.308 e. The summed E-state index contributed by atoms with van der Waals surface area (Å²) in [5.74, 6) is -0.124. The first kappa shape index (κ1) is 17.5. The first-order valence-corrected chi connectivity index (χ1v) is 7.33. The number of esters is 1. The van der Waals surface area contributed by atoms with Gasteiger partial charge in [-0.3, -0.25) is 9.59 Å². The molecule has 1 N–H and O–H groups in total. The van der Waals surface area contributed by atoms with Gasteiger partial charge in [-0.2, -0.15) is 5.10 Å². The van der Waals surface area contributed by atoms with E-state index < -0.39 is 5.97 Å². The number of rotatable bonds is 5. The van der Waals surface area contributed by atoms with Crippen molar-refractivity contribution in [2.75, 3.05) is 7.11 Å². The number of benzene rings is 2. The van der Waals surface area contributed by atoms with E-state index in [2.05, 4.69) is 10.5 Å². The fourth-order valence-electron chi connectivity index (χ4n) is 1.86. The molecule has 2 aromatic rings. The van der Waals surface area contributed by atoms with Crippen molar-refractivity contribution < 1.29 is 19.1 Å². The first-order valence-electron chi connectivity index (χ1n) is 6.95. The number of nitrogens with one attached hydrogen (secondary N) is 1. The minimum atomic E-state index is -0.441. The predicted octanol–water partition coefficient (Wildman–Crippen LogP) is 3.04. The average Bonchev–Trinajstić information content (AvgIpc) is 2.55. The van der Waals surface area contributed by atoms with E-state index >= 15 is 0 Å². The molecule has 0 atom stereocenters. The Kier molecular flexibility index (Phi) is 5.92. The van der Waals surface area contributed by atoms with Gasteiger partial charge in [0.25, 0.3) is 5.91 Å². The van der Waals surface area contributed by atoms with Gasteiger partial charge in [-0.15, -0.1) is 0 Å². The van der Waals surface area contributed by atoms with E-state index in [0.717, 1.165) is 0 Å². The maximum atomic E-state index is 11.9. The van der Waals surface area contributed by atoms with Gasteiger partial charge in [-0.1, -0.05) is 17.7 Å². The Labute approximate surface area is 144 Å². The topological polar surface area (TPSA) is 77.0 Å². The number of amides is 1. The summed E-state index contributed by atoms with van der Waals surface area (Å²) in [5, 5.41) is 4.35. The molecular weight excluding hydrogens is 332 g/mol. The lowest BCUT2D eigenvalue weighted by Crippen LogP contribution is -2.17. The van der Waals surface area contributed by atoms with Crippen LogP contribution >= 0.6 is 11.6 Å². The summed E-state index contributed by atoms with van der Waals surface area (Å²) in [6.07, 6.45) is 1.45. The Morgan fingerprint density at radius 3 is 2.62 bits per heavy atom. The van der Waals surface area contributed by atoms with Crippen molar-refractivity contribution in [3.8, 4) is 11.5 Å². The van der Waals surface area contributed by atoms with Crippen molar-refractivity contribution in [3.05, 3.63) is 58.6 Å². The van der Waals surface area contributed by atoms with Crippen LogP contribution in [0.15, 0.2) is 47.6 Å². The van der Waals surface area contributed by atoms with E-state index in [1.54, 1.807) is 42.5 Å². The molecule has 124 valence electrons. The maximum Gasteiger partial charge on any atom is 0.308 e. The number of hydrogen-bond acceptors (Lipinski definition) is 5. The molecular formula is C17H15ClN2O4. The van der Waals surface area contributed by atoms with E-state index in [1.807, 2.05) is 0 Å². The zero-order chi connectivity index (χ0) is 17.5. The van der Waals surface area contributed by atoms with Crippen LogP contribution in [-0.2, 0) is 4.79 Å². The highest BCUT2D eigenvalue weighted by atomic mass is 35.5. The molecule has 2 aromatic carbocycles. The van der Waals surface area contributed by atoms with Gasteiger partial charge in [0, 0.05) is 17.5 Å². The summed E-state index contributed by atoms with van der Waals surface area (Å²) in [5.41, 5.74) is 3.47. The number of hydrazone groups is 1. The number of carbonyl (C=O) groups is 2. The van der Waals surface area contributed by atoms with Crippen molar-refractivity contribution in [2.45, 2.75) is 6.92 Å².